The van der Waals surface area contributed by atoms with Crippen molar-refractivity contribution in [2.75, 3.05) is 5.73 Å². The van der Waals surface area contributed by atoms with Crippen LogP contribution in [0.2, 0.25) is 0 Å². The molecule has 0 unspecified atom stereocenters. The van der Waals surface area contributed by atoms with Crippen molar-refractivity contribution in [3.8, 4) is 5.75 Å². The fourth-order valence-corrected chi connectivity index (χ4v) is 1.36. The molecule has 1 amide bonds. The fraction of sp³-hybridized carbons (Fsp3) is 0.0833. The monoisotopic (exact) mass is 232 g/mol. The van der Waals surface area contributed by atoms with Gasteiger partial charge in [-0.25, -0.2) is 0 Å². The summed E-state index contributed by atoms with van der Waals surface area (Å²) < 4.78 is 10.6. The van der Waals surface area contributed by atoms with E-state index in [1.807, 2.05) is 0 Å². The number of carbonyl (C=O) groups excluding carboxylic acids is 1. The molecule has 5 heteroatoms. The van der Waals surface area contributed by atoms with Crippen molar-refractivity contribution < 1.29 is 13.9 Å². The summed E-state index contributed by atoms with van der Waals surface area (Å²) in [6, 6.07) is 8.20. The first kappa shape index (κ1) is 11.1. The maximum Gasteiger partial charge on any atom is 0.248 e. The van der Waals surface area contributed by atoms with Crippen molar-refractivity contribution in [3.05, 3.63) is 47.9 Å². The Hall–Kier alpha value is -2.43. The van der Waals surface area contributed by atoms with E-state index in [1.165, 1.54) is 6.07 Å². The molecule has 0 bridgehead atoms. The number of benzene rings is 1. The van der Waals surface area contributed by atoms with Gasteiger partial charge in [0, 0.05) is 5.56 Å². The second-order valence-corrected chi connectivity index (χ2v) is 3.48. The maximum atomic E-state index is 11.0. The van der Waals surface area contributed by atoms with E-state index in [0.29, 0.717) is 22.8 Å². The number of rotatable bonds is 4. The molecule has 0 spiro atoms. The number of furan rings is 1. The number of hydrogen-bond donors (Lipinski definition) is 2. The highest BCUT2D eigenvalue weighted by molar-refractivity contribution is 5.93. The minimum atomic E-state index is -0.521. The highest BCUT2D eigenvalue weighted by Gasteiger charge is 2.07. The summed E-state index contributed by atoms with van der Waals surface area (Å²) in [5, 5.41) is 0. The zero-order chi connectivity index (χ0) is 12.3. The third kappa shape index (κ3) is 2.57. The van der Waals surface area contributed by atoms with Crippen LogP contribution in [0.3, 0.4) is 0 Å². The molecule has 0 saturated carbocycles. The fourth-order valence-electron chi connectivity index (χ4n) is 1.36. The molecule has 0 fully saturated rings. The molecular formula is C12H12N2O3. The molecule has 0 aliphatic rings. The van der Waals surface area contributed by atoms with Crippen LogP contribution in [0, 0.1) is 0 Å². The van der Waals surface area contributed by atoms with Crippen LogP contribution < -0.4 is 16.2 Å². The van der Waals surface area contributed by atoms with Gasteiger partial charge in [-0.3, -0.25) is 4.79 Å². The minimum Gasteiger partial charge on any atom is -0.483 e. The van der Waals surface area contributed by atoms with E-state index < -0.39 is 5.91 Å². The predicted octanol–water partition coefficient (Wildman–Crippen LogP) is 1.54. The number of ether oxygens (including phenoxy) is 1. The second kappa shape index (κ2) is 4.61. The SMILES string of the molecule is NC(=O)c1ccc(N)c(OCc2ccco2)c1. The highest BCUT2D eigenvalue weighted by Crippen LogP contribution is 2.23. The third-order valence-electron chi connectivity index (χ3n) is 2.25. The average molecular weight is 232 g/mol. The van der Waals surface area contributed by atoms with Gasteiger partial charge in [-0.15, -0.1) is 0 Å². The van der Waals surface area contributed by atoms with Crippen molar-refractivity contribution in [2.45, 2.75) is 6.61 Å². The van der Waals surface area contributed by atoms with Gasteiger partial charge < -0.3 is 20.6 Å². The molecular weight excluding hydrogens is 220 g/mol. The third-order valence-corrected chi connectivity index (χ3v) is 2.25. The molecule has 0 saturated heterocycles. The molecule has 5 nitrogen and oxygen atoms in total. The average Bonchev–Trinajstić information content (AvgIpc) is 2.80. The Bertz CT molecular complexity index is 521. The Kier molecular flexibility index (Phi) is 3.00. The van der Waals surface area contributed by atoms with Gasteiger partial charge in [-0.2, -0.15) is 0 Å². The maximum absolute atomic E-state index is 11.0. The van der Waals surface area contributed by atoms with E-state index in [4.69, 9.17) is 20.6 Å². The first-order valence-electron chi connectivity index (χ1n) is 5.01. The number of primary amides is 1. The molecule has 2 rings (SSSR count). The number of hydrogen-bond acceptors (Lipinski definition) is 4. The summed E-state index contributed by atoms with van der Waals surface area (Å²) >= 11 is 0. The van der Waals surface area contributed by atoms with Gasteiger partial charge in [0.2, 0.25) is 5.91 Å². The molecule has 1 heterocycles. The Balaban J connectivity index is 2.14. The van der Waals surface area contributed by atoms with E-state index in [1.54, 1.807) is 30.5 Å². The van der Waals surface area contributed by atoms with Crippen molar-refractivity contribution >= 4 is 11.6 Å². The highest BCUT2D eigenvalue weighted by atomic mass is 16.5. The first-order chi connectivity index (χ1) is 8.16. The molecule has 0 radical (unpaired) electrons. The molecule has 0 aliphatic carbocycles. The van der Waals surface area contributed by atoms with Gasteiger partial charge in [0.05, 0.1) is 12.0 Å². The van der Waals surface area contributed by atoms with Crippen molar-refractivity contribution in [1.82, 2.24) is 0 Å². The Labute approximate surface area is 98.0 Å². The summed E-state index contributed by atoms with van der Waals surface area (Å²) in [7, 11) is 0. The largest absolute Gasteiger partial charge is 0.483 e. The lowest BCUT2D eigenvalue weighted by atomic mass is 10.2. The van der Waals surface area contributed by atoms with Crippen LogP contribution in [0.4, 0.5) is 5.69 Å². The van der Waals surface area contributed by atoms with E-state index >= 15 is 0 Å². The topological polar surface area (TPSA) is 91.5 Å². The molecule has 88 valence electrons. The molecule has 17 heavy (non-hydrogen) atoms. The van der Waals surface area contributed by atoms with E-state index in [9.17, 15) is 4.79 Å². The van der Waals surface area contributed by atoms with Crippen molar-refractivity contribution in [1.29, 1.82) is 0 Å². The van der Waals surface area contributed by atoms with Crippen LogP contribution in [0.25, 0.3) is 0 Å². The Morgan fingerprint density at radius 1 is 1.35 bits per heavy atom. The lowest BCUT2D eigenvalue weighted by Gasteiger charge is -2.08. The summed E-state index contributed by atoms with van der Waals surface area (Å²) in [6.45, 7) is 0.249. The molecule has 0 atom stereocenters. The number of anilines is 1. The lowest BCUT2D eigenvalue weighted by Crippen LogP contribution is -2.11. The van der Waals surface area contributed by atoms with Gasteiger partial charge in [0.25, 0.3) is 0 Å². The van der Waals surface area contributed by atoms with Crippen molar-refractivity contribution in [2.24, 2.45) is 5.73 Å². The molecule has 2 aromatic rings. The van der Waals surface area contributed by atoms with Gasteiger partial charge >= 0.3 is 0 Å². The first-order valence-corrected chi connectivity index (χ1v) is 5.01. The van der Waals surface area contributed by atoms with Gasteiger partial charge in [0.15, 0.2) is 0 Å². The zero-order valence-corrected chi connectivity index (χ0v) is 9.05. The standard InChI is InChI=1S/C12H12N2O3/c13-10-4-3-8(12(14)15)6-11(10)17-7-9-2-1-5-16-9/h1-6H,7,13H2,(H2,14,15). The van der Waals surface area contributed by atoms with E-state index in [2.05, 4.69) is 0 Å². The minimum absolute atomic E-state index is 0.249. The molecule has 1 aromatic heterocycles. The number of carbonyl (C=O) groups is 1. The zero-order valence-electron chi connectivity index (χ0n) is 9.05. The van der Waals surface area contributed by atoms with Crippen LogP contribution in [-0.2, 0) is 6.61 Å². The molecule has 0 aliphatic heterocycles. The molecule has 4 N–H and O–H groups in total. The summed E-state index contributed by atoms with van der Waals surface area (Å²) in [5.74, 6) is 0.569. The lowest BCUT2D eigenvalue weighted by molar-refractivity contribution is 0.1000. The predicted molar refractivity (Wildman–Crippen MR) is 62.4 cm³/mol. The van der Waals surface area contributed by atoms with Gasteiger partial charge in [-0.05, 0) is 30.3 Å². The van der Waals surface area contributed by atoms with Gasteiger partial charge in [-0.1, -0.05) is 0 Å². The quantitative estimate of drug-likeness (QED) is 0.782. The van der Waals surface area contributed by atoms with Crippen LogP contribution in [-0.4, -0.2) is 5.91 Å². The van der Waals surface area contributed by atoms with E-state index in [-0.39, 0.29) is 6.61 Å². The smallest absolute Gasteiger partial charge is 0.248 e. The summed E-state index contributed by atoms with van der Waals surface area (Å²) in [5.41, 5.74) is 11.7. The normalized spacial score (nSPS) is 10.1. The Morgan fingerprint density at radius 2 is 2.18 bits per heavy atom. The van der Waals surface area contributed by atoms with Crippen molar-refractivity contribution in [3.63, 3.8) is 0 Å². The second-order valence-electron chi connectivity index (χ2n) is 3.48. The number of amides is 1. The van der Waals surface area contributed by atoms with Crippen LogP contribution in [0.5, 0.6) is 5.75 Å². The van der Waals surface area contributed by atoms with Crippen LogP contribution >= 0.6 is 0 Å². The number of nitrogen functional groups attached to an aromatic ring is 1. The van der Waals surface area contributed by atoms with Crippen LogP contribution in [0.15, 0.2) is 41.0 Å². The van der Waals surface area contributed by atoms with E-state index in [0.717, 1.165) is 0 Å². The Morgan fingerprint density at radius 3 is 2.82 bits per heavy atom. The van der Waals surface area contributed by atoms with Gasteiger partial charge in [0.1, 0.15) is 18.1 Å². The van der Waals surface area contributed by atoms with Crippen LogP contribution in [0.1, 0.15) is 16.1 Å². The number of nitrogens with two attached hydrogens (primary N) is 2. The molecule has 1 aromatic carbocycles. The summed E-state index contributed by atoms with van der Waals surface area (Å²) in [4.78, 5) is 11.0. The summed E-state index contributed by atoms with van der Waals surface area (Å²) in [6.07, 6.45) is 1.56.